The van der Waals surface area contributed by atoms with Crippen LogP contribution in [-0.2, 0) is 48.4 Å². The van der Waals surface area contributed by atoms with Gasteiger partial charge in [0.1, 0.15) is 34.2 Å². The predicted molar refractivity (Wildman–Crippen MR) is 287 cm³/mol. The van der Waals surface area contributed by atoms with E-state index in [-0.39, 0.29) is 60.4 Å². The van der Waals surface area contributed by atoms with Crippen LogP contribution >= 0.6 is 23.2 Å². The molecule has 28 heteroatoms. The summed E-state index contributed by atoms with van der Waals surface area (Å²) >= 11 is 12.0. The Balaban J connectivity index is 0.000000198. The maximum atomic E-state index is 12.8. The number of ketones is 2. The van der Waals surface area contributed by atoms with E-state index in [1.54, 1.807) is 48.5 Å². The number of rotatable bonds is 24. The third-order valence-electron chi connectivity index (χ3n) is 14.3. The minimum absolute atomic E-state index is 0.0424. The Hall–Kier alpha value is -6.87. The van der Waals surface area contributed by atoms with E-state index < -0.39 is 108 Å². The first-order valence-electron chi connectivity index (χ1n) is 25.4. The maximum absolute atomic E-state index is 12.8. The van der Waals surface area contributed by atoms with Gasteiger partial charge in [-0.15, -0.1) is 0 Å². The lowest BCUT2D eigenvalue weighted by atomic mass is 10.1. The number of halogens is 8. The van der Waals surface area contributed by atoms with Gasteiger partial charge < -0.3 is 30.0 Å². The molecule has 10 rings (SSSR count). The number of aliphatic hydroxyl groups excluding tert-OH is 1. The van der Waals surface area contributed by atoms with E-state index in [0.29, 0.717) is 40.3 Å². The number of nitrogens with zero attached hydrogens (tertiary/aromatic N) is 6. The van der Waals surface area contributed by atoms with Gasteiger partial charge in [-0.1, -0.05) is 96.0 Å². The monoisotopic (exact) mass is 1220 g/mol. The molecule has 0 saturated heterocycles. The van der Waals surface area contributed by atoms with Crippen LogP contribution in [0.25, 0.3) is 0 Å². The summed E-state index contributed by atoms with van der Waals surface area (Å²) in [6.07, 6.45) is -4.58. The van der Waals surface area contributed by atoms with Gasteiger partial charge in [-0.2, -0.15) is 56.2 Å². The molecule has 2 aromatic heterocycles. The SMILES string of the molecule is O=C(CS(=O)(=O)C1(CO)CC1)c1ccc(Cc2nc(NC3(c4ccc(Cl)cc4)CC3)nc(OCC(F)(F)F)n2)cc1.O=CC1(S(=O)(=O)CC(=O)c2ccc(Cc3nc(NC4(c5ccc(Cl)cc5)CC4)nc(OCC(F)(F)F)n3)cc2)CC1. The molecule has 6 aromatic rings. The summed E-state index contributed by atoms with van der Waals surface area (Å²) in [6.45, 7) is -3.67. The van der Waals surface area contributed by atoms with E-state index in [1.807, 2.05) is 24.3 Å². The third-order valence-corrected chi connectivity index (χ3v) is 19.7. The van der Waals surface area contributed by atoms with Gasteiger partial charge in [0.2, 0.25) is 11.9 Å². The smallest absolute Gasteiger partial charge is 0.422 e. The molecule has 0 aliphatic heterocycles. The van der Waals surface area contributed by atoms with E-state index in [2.05, 4.69) is 40.5 Å². The largest absolute Gasteiger partial charge is 0.454 e. The normalized spacial score (nSPS) is 17.0. The summed E-state index contributed by atoms with van der Waals surface area (Å²) in [7, 11) is -7.71. The first-order valence-corrected chi connectivity index (χ1v) is 29.4. The second-order valence-electron chi connectivity index (χ2n) is 20.6. The lowest BCUT2D eigenvalue weighted by molar-refractivity contribution is -0.155. The van der Waals surface area contributed by atoms with E-state index in [4.69, 9.17) is 32.7 Å². The minimum Gasteiger partial charge on any atom is -0.454 e. The molecule has 0 bridgehead atoms. The fraction of sp³-hybridized carbons (Fsp3) is 0.389. The van der Waals surface area contributed by atoms with Crippen molar-refractivity contribution in [2.24, 2.45) is 0 Å². The first kappa shape index (κ1) is 59.7. The first-order chi connectivity index (χ1) is 38.6. The highest BCUT2D eigenvalue weighted by Gasteiger charge is 2.56. The summed E-state index contributed by atoms with van der Waals surface area (Å²) in [5.41, 5.74) is 2.39. The van der Waals surface area contributed by atoms with Gasteiger partial charge in [-0.25, -0.2) is 16.8 Å². The lowest BCUT2D eigenvalue weighted by Crippen LogP contribution is -2.32. The lowest BCUT2D eigenvalue weighted by Gasteiger charge is -2.19. The Morgan fingerprint density at radius 1 is 0.549 bits per heavy atom. The van der Waals surface area contributed by atoms with Gasteiger partial charge in [0.05, 0.1) is 22.4 Å². The van der Waals surface area contributed by atoms with Gasteiger partial charge >= 0.3 is 24.4 Å². The van der Waals surface area contributed by atoms with E-state index in [9.17, 15) is 62.7 Å². The van der Waals surface area contributed by atoms with Crippen LogP contribution in [-0.4, -0.2) is 123 Å². The molecule has 0 atom stereocenters. The van der Waals surface area contributed by atoms with E-state index in [1.165, 1.54) is 24.3 Å². The van der Waals surface area contributed by atoms with E-state index in [0.717, 1.165) is 36.8 Å². The molecule has 18 nitrogen and oxygen atoms in total. The highest BCUT2D eigenvalue weighted by molar-refractivity contribution is 7.94. The predicted octanol–water partition coefficient (Wildman–Crippen LogP) is 8.77. The molecule has 4 aliphatic rings. The number of carbonyl (C=O) groups excluding carboxylic acids is 3. The molecule has 82 heavy (non-hydrogen) atoms. The van der Waals surface area contributed by atoms with Gasteiger partial charge in [-0.05, 0) is 97.9 Å². The van der Waals surface area contributed by atoms with Crippen LogP contribution in [0.4, 0.5) is 38.2 Å². The van der Waals surface area contributed by atoms with E-state index >= 15 is 0 Å². The summed E-state index contributed by atoms with van der Waals surface area (Å²) in [5, 5.41) is 17.0. The maximum Gasteiger partial charge on any atom is 0.422 e. The average Bonchev–Trinajstić information content (AvgIpc) is 4.05. The number of hydrogen-bond donors (Lipinski definition) is 3. The molecule has 434 valence electrons. The van der Waals surface area contributed by atoms with Gasteiger partial charge in [0, 0.05) is 34.0 Å². The second kappa shape index (κ2) is 23.1. The number of Topliss-reactive ketones (excluding diaryl/α,β-unsaturated/α-hetero) is 2. The molecule has 4 aliphatic carbocycles. The zero-order chi connectivity index (χ0) is 58.9. The number of sulfone groups is 2. The number of carbonyl (C=O) groups is 3. The second-order valence-corrected chi connectivity index (χ2v) is 26.2. The number of aliphatic hydroxyl groups is 1. The fourth-order valence-electron chi connectivity index (χ4n) is 8.80. The van der Waals surface area contributed by atoms with Crippen molar-refractivity contribution in [3.05, 3.63) is 152 Å². The fourth-order valence-corrected chi connectivity index (χ4v) is 12.5. The highest BCUT2D eigenvalue weighted by Crippen LogP contribution is 2.49. The summed E-state index contributed by atoms with van der Waals surface area (Å²) in [6, 6.07) is 25.5. The zero-order valence-electron chi connectivity index (χ0n) is 43.1. The Morgan fingerprint density at radius 3 is 1.24 bits per heavy atom. The van der Waals surface area contributed by atoms with Crippen molar-refractivity contribution in [3.8, 4) is 12.0 Å². The highest BCUT2D eigenvalue weighted by atomic mass is 35.5. The summed E-state index contributed by atoms with van der Waals surface area (Å²) < 4.78 is 134. The van der Waals surface area contributed by atoms with Crippen molar-refractivity contribution < 1.29 is 72.1 Å². The number of aromatic nitrogens is 6. The van der Waals surface area contributed by atoms with Crippen LogP contribution < -0.4 is 20.1 Å². The molecule has 0 radical (unpaired) electrons. The molecule has 4 fully saturated rings. The summed E-state index contributed by atoms with van der Waals surface area (Å²) in [5.74, 6) is -2.37. The van der Waals surface area contributed by atoms with Gasteiger partial charge in [-0.3, -0.25) is 9.59 Å². The van der Waals surface area contributed by atoms with Crippen molar-refractivity contribution in [3.63, 3.8) is 0 Å². The number of benzene rings is 4. The Bertz CT molecular complexity index is 3590. The average molecular weight is 1220 g/mol. The Kier molecular flexibility index (Phi) is 16.8. The molecule has 0 amide bonds. The number of anilines is 2. The molecule has 4 saturated carbocycles. The van der Waals surface area contributed by atoms with Gasteiger partial charge in [0.25, 0.3) is 0 Å². The molecule has 0 spiro atoms. The molecule has 4 aromatic carbocycles. The van der Waals surface area contributed by atoms with Crippen LogP contribution in [0.1, 0.15) is 106 Å². The topological polar surface area (TPSA) is 260 Å². The van der Waals surface area contributed by atoms with Crippen molar-refractivity contribution in [2.75, 3.05) is 42.0 Å². The minimum atomic E-state index is -4.60. The van der Waals surface area contributed by atoms with Crippen molar-refractivity contribution in [2.45, 2.75) is 97.1 Å². The van der Waals surface area contributed by atoms with Crippen molar-refractivity contribution in [1.29, 1.82) is 0 Å². The molecule has 2 heterocycles. The number of alkyl halides is 6. The van der Waals surface area contributed by atoms with Gasteiger partial charge in [0.15, 0.2) is 44.5 Å². The van der Waals surface area contributed by atoms with Crippen LogP contribution in [0.5, 0.6) is 12.0 Å². The standard InChI is InChI=1S/C27H26ClF3N4O5S.C27H24ClF3N4O5S/c2*28-20-7-5-19(6-8-20)26(11-12-26)35-23-32-22(33-24(34-23)40-16-27(29,30)31)13-17-1-3-18(4-2-17)21(37)14-41(38,39)25(15-36)9-10-25/h1-8,36H,9-16H2,(H,32,33,34,35);1-8,15H,9-14,16H2,(H,32,33,34,35). The van der Waals surface area contributed by atoms with Crippen molar-refractivity contribution in [1.82, 2.24) is 29.9 Å². The third kappa shape index (κ3) is 14.7. The van der Waals surface area contributed by atoms with Crippen LogP contribution in [0, 0.1) is 0 Å². The molecular weight excluding hydrogens is 1170 g/mol. The van der Waals surface area contributed by atoms with Crippen LogP contribution in [0.3, 0.4) is 0 Å². The number of aldehydes is 1. The summed E-state index contributed by atoms with van der Waals surface area (Å²) in [4.78, 5) is 61.4. The molecule has 0 unspecified atom stereocenters. The Morgan fingerprint density at radius 2 is 0.927 bits per heavy atom. The number of nitrogens with one attached hydrogen (secondary N) is 2. The Labute approximate surface area is 475 Å². The zero-order valence-corrected chi connectivity index (χ0v) is 46.2. The number of hydrogen-bond acceptors (Lipinski definition) is 18. The van der Waals surface area contributed by atoms with Crippen LogP contribution in [0.2, 0.25) is 10.0 Å². The number of ether oxygens (including phenoxy) is 2. The van der Waals surface area contributed by atoms with Crippen molar-refractivity contribution >= 4 is 72.6 Å². The quantitative estimate of drug-likeness (QED) is 0.0290. The van der Waals surface area contributed by atoms with Crippen LogP contribution in [0.15, 0.2) is 97.1 Å². The molecular formula is C54H50Cl2F6N8O10S2. The molecule has 3 N–H and O–H groups in total.